The Labute approximate surface area is 128 Å². The van der Waals surface area contributed by atoms with Crippen LogP contribution in [0.3, 0.4) is 0 Å². The van der Waals surface area contributed by atoms with Gasteiger partial charge in [0.2, 0.25) is 0 Å². The van der Waals surface area contributed by atoms with Gasteiger partial charge in [-0.05, 0) is 31.2 Å². The molecule has 0 unspecified atom stereocenters. The lowest BCUT2D eigenvalue weighted by Gasteiger charge is -2.09. The van der Waals surface area contributed by atoms with Gasteiger partial charge in [-0.2, -0.15) is 0 Å². The first-order chi connectivity index (χ1) is 10.3. The fraction of sp³-hybridized carbons (Fsp3) is 0.235. The van der Waals surface area contributed by atoms with Gasteiger partial charge in [-0.1, -0.05) is 18.2 Å². The van der Waals surface area contributed by atoms with Gasteiger partial charge in [0.05, 0.1) is 0 Å². The minimum Gasteiger partial charge on any atom is -0.490 e. The Morgan fingerprint density at radius 3 is 2.90 bits per heavy atom. The maximum atomic E-state index is 5.84. The van der Waals surface area contributed by atoms with Gasteiger partial charge < -0.3 is 10.1 Å². The summed E-state index contributed by atoms with van der Waals surface area (Å²) in [5.41, 5.74) is 0.925. The second-order valence-electron chi connectivity index (χ2n) is 4.87. The van der Waals surface area contributed by atoms with Crippen molar-refractivity contribution in [3.05, 3.63) is 58.4 Å². The van der Waals surface area contributed by atoms with Crippen LogP contribution in [0.25, 0.3) is 10.9 Å². The van der Waals surface area contributed by atoms with Crippen LogP contribution in [0.2, 0.25) is 0 Å². The van der Waals surface area contributed by atoms with E-state index in [-0.39, 0.29) is 0 Å². The molecule has 0 aliphatic carbocycles. The zero-order valence-electron chi connectivity index (χ0n) is 12.0. The predicted molar refractivity (Wildman–Crippen MR) is 88.0 cm³/mol. The highest BCUT2D eigenvalue weighted by Gasteiger charge is 2.02. The molecule has 21 heavy (non-hydrogen) atoms. The highest BCUT2D eigenvalue weighted by molar-refractivity contribution is 7.11. The smallest absolute Gasteiger partial charge is 0.145 e. The second kappa shape index (κ2) is 6.70. The lowest BCUT2D eigenvalue weighted by atomic mass is 10.2. The second-order valence-corrected chi connectivity index (χ2v) is 6.24. The Morgan fingerprint density at radius 2 is 2.05 bits per heavy atom. The van der Waals surface area contributed by atoms with E-state index >= 15 is 0 Å². The Bertz CT molecular complexity index is 718. The van der Waals surface area contributed by atoms with E-state index in [1.807, 2.05) is 41.7 Å². The van der Waals surface area contributed by atoms with Crippen LogP contribution in [0.5, 0.6) is 5.75 Å². The third-order valence-electron chi connectivity index (χ3n) is 3.23. The third kappa shape index (κ3) is 3.60. The summed E-state index contributed by atoms with van der Waals surface area (Å²) in [6.45, 7) is 4.49. The number of aromatic nitrogens is 1. The number of ether oxygens (including phenoxy) is 1. The standard InChI is InChI=1S/C17H18N2OS/c1-13-7-8-15(21-13)12-18-10-11-20-16-6-2-4-14-5-3-9-19-17(14)16/h2-9,18H,10-12H2,1H3. The van der Waals surface area contributed by atoms with Gasteiger partial charge in [-0.25, -0.2) is 0 Å². The number of fused-ring (bicyclic) bond motifs is 1. The summed E-state index contributed by atoms with van der Waals surface area (Å²) in [6.07, 6.45) is 1.80. The number of nitrogens with one attached hydrogen (secondary N) is 1. The molecule has 1 N–H and O–H groups in total. The van der Waals surface area contributed by atoms with E-state index in [4.69, 9.17) is 4.74 Å². The number of thiophene rings is 1. The first kappa shape index (κ1) is 14.0. The van der Waals surface area contributed by atoms with Crippen LogP contribution in [0.15, 0.2) is 48.7 Å². The van der Waals surface area contributed by atoms with Crippen molar-refractivity contribution in [2.24, 2.45) is 0 Å². The molecule has 0 radical (unpaired) electrons. The average Bonchev–Trinajstić information content (AvgIpc) is 2.92. The normalized spacial score (nSPS) is 10.9. The van der Waals surface area contributed by atoms with Crippen molar-refractivity contribution in [2.45, 2.75) is 13.5 Å². The molecule has 0 saturated carbocycles. The third-order valence-corrected chi connectivity index (χ3v) is 4.23. The van der Waals surface area contributed by atoms with E-state index < -0.39 is 0 Å². The number of hydrogen-bond acceptors (Lipinski definition) is 4. The topological polar surface area (TPSA) is 34.1 Å². The minimum atomic E-state index is 0.639. The van der Waals surface area contributed by atoms with E-state index in [0.29, 0.717) is 6.61 Å². The monoisotopic (exact) mass is 298 g/mol. The van der Waals surface area contributed by atoms with Crippen LogP contribution >= 0.6 is 11.3 Å². The largest absolute Gasteiger partial charge is 0.490 e. The first-order valence-electron chi connectivity index (χ1n) is 7.05. The van der Waals surface area contributed by atoms with Crippen molar-refractivity contribution >= 4 is 22.2 Å². The van der Waals surface area contributed by atoms with Gasteiger partial charge in [0.15, 0.2) is 0 Å². The average molecular weight is 298 g/mol. The Morgan fingerprint density at radius 1 is 1.14 bits per heavy atom. The maximum absolute atomic E-state index is 5.84. The summed E-state index contributed by atoms with van der Waals surface area (Å²) in [4.78, 5) is 7.10. The molecule has 3 nitrogen and oxygen atoms in total. The summed E-state index contributed by atoms with van der Waals surface area (Å²) in [7, 11) is 0. The van der Waals surface area contributed by atoms with E-state index in [0.717, 1.165) is 29.7 Å². The molecular weight excluding hydrogens is 280 g/mol. The lowest BCUT2D eigenvalue weighted by Crippen LogP contribution is -2.20. The predicted octanol–water partition coefficient (Wildman–Crippen LogP) is 3.77. The van der Waals surface area contributed by atoms with E-state index in [1.54, 1.807) is 6.20 Å². The highest BCUT2D eigenvalue weighted by atomic mass is 32.1. The number of hydrogen-bond donors (Lipinski definition) is 1. The number of benzene rings is 1. The summed E-state index contributed by atoms with van der Waals surface area (Å²) in [6, 6.07) is 14.3. The fourth-order valence-electron chi connectivity index (χ4n) is 2.22. The molecule has 1 aromatic carbocycles. The number of nitrogens with zero attached hydrogens (tertiary/aromatic N) is 1. The molecule has 0 amide bonds. The van der Waals surface area contributed by atoms with Crippen LogP contribution in [-0.2, 0) is 6.54 Å². The molecular formula is C17H18N2OS. The van der Waals surface area contributed by atoms with Crippen molar-refractivity contribution < 1.29 is 4.74 Å². The molecule has 0 spiro atoms. The molecule has 0 bridgehead atoms. The van der Waals surface area contributed by atoms with Crippen LogP contribution in [0.1, 0.15) is 9.75 Å². The van der Waals surface area contributed by atoms with Gasteiger partial charge >= 0.3 is 0 Å². The number of pyridine rings is 1. The molecule has 3 rings (SSSR count). The first-order valence-corrected chi connectivity index (χ1v) is 7.87. The minimum absolute atomic E-state index is 0.639. The summed E-state index contributed by atoms with van der Waals surface area (Å²) < 4.78 is 5.84. The zero-order chi connectivity index (χ0) is 14.5. The fourth-order valence-corrected chi connectivity index (χ4v) is 3.08. The quantitative estimate of drug-likeness (QED) is 0.703. The molecule has 2 heterocycles. The number of rotatable bonds is 6. The van der Waals surface area contributed by atoms with Gasteiger partial charge in [-0.15, -0.1) is 11.3 Å². The van der Waals surface area contributed by atoms with Crippen molar-refractivity contribution in [3.63, 3.8) is 0 Å². The van der Waals surface area contributed by atoms with Gasteiger partial charge in [0.1, 0.15) is 17.9 Å². The van der Waals surface area contributed by atoms with Gasteiger partial charge in [0.25, 0.3) is 0 Å². The van der Waals surface area contributed by atoms with Crippen LogP contribution in [0.4, 0.5) is 0 Å². The van der Waals surface area contributed by atoms with Crippen LogP contribution < -0.4 is 10.1 Å². The van der Waals surface area contributed by atoms with Crippen LogP contribution in [-0.4, -0.2) is 18.1 Å². The Kier molecular flexibility index (Phi) is 4.48. The summed E-state index contributed by atoms with van der Waals surface area (Å²) in [5.74, 6) is 0.849. The van der Waals surface area contributed by atoms with E-state index in [2.05, 4.69) is 29.4 Å². The van der Waals surface area contributed by atoms with E-state index in [9.17, 15) is 0 Å². The molecule has 0 fully saturated rings. The molecule has 2 aromatic heterocycles. The zero-order valence-corrected chi connectivity index (χ0v) is 12.8. The van der Waals surface area contributed by atoms with Crippen molar-refractivity contribution in [1.29, 1.82) is 0 Å². The maximum Gasteiger partial charge on any atom is 0.145 e. The molecule has 108 valence electrons. The molecule has 3 aromatic rings. The van der Waals surface area contributed by atoms with Crippen molar-refractivity contribution in [2.75, 3.05) is 13.2 Å². The Hall–Kier alpha value is -1.91. The van der Waals surface area contributed by atoms with Crippen LogP contribution in [0, 0.1) is 6.92 Å². The molecule has 0 aliphatic heterocycles. The number of para-hydroxylation sites is 1. The summed E-state index contributed by atoms with van der Waals surface area (Å²) in [5, 5.41) is 4.51. The molecule has 0 atom stereocenters. The van der Waals surface area contributed by atoms with Crippen molar-refractivity contribution in [1.82, 2.24) is 10.3 Å². The lowest BCUT2D eigenvalue weighted by molar-refractivity contribution is 0.317. The SMILES string of the molecule is Cc1ccc(CNCCOc2cccc3cccnc23)s1. The highest BCUT2D eigenvalue weighted by Crippen LogP contribution is 2.22. The van der Waals surface area contributed by atoms with E-state index in [1.165, 1.54) is 9.75 Å². The number of aryl methyl sites for hydroxylation is 1. The molecule has 4 heteroatoms. The molecule has 0 aliphatic rings. The summed E-state index contributed by atoms with van der Waals surface area (Å²) >= 11 is 1.83. The van der Waals surface area contributed by atoms with Crippen molar-refractivity contribution in [3.8, 4) is 5.75 Å². The molecule has 0 saturated heterocycles. The van der Waals surface area contributed by atoms with Gasteiger partial charge in [-0.3, -0.25) is 4.98 Å². The van der Waals surface area contributed by atoms with Gasteiger partial charge in [0, 0.05) is 34.4 Å². The Balaban J connectivity index is 1.50.